The average molecular weight is 384 g/mol. The van der Waals surface area contributed by atoms with E-state index in [1.54, 1.807) is 5.56 Å². The Hall–Kier alpha value is -2.42. The van der Waals surface area contributed by atoms with Gasteiger partial charge in [-0.15, -0.1) is 0 Å². The summed E-state index contributed by atoms with van der Waals surface area (Å²) >= 11 is 0. The Labute approximate surface area is 172 Å². The summed E-state index contributed by atoms with van der Waals surface area (Å²) in [6.07, 6.45) is 3.89. The first-order valence-corrected chi connectivity index (χ1v) is 10.9. The smallest absolute Gasteiger partial charge is 0.147 e. The number of aryl methyl sites for hydroxylation is 1. The molecule has 2 aliphatic carbocycles. The van der Waals surface area contributed by atoms with Crippen LogP contribution in [-0.2, 0) is 16.2 Å². The van der Waals surface area contributed by atoms with Gasteiger partial charge in [0, 0.05) is 22.2 Å². The van der Waals surface area contributed by atoms with Gasteiger partial charge in [-0.05, 0) is 78.5 Å². The van der Waals surface area contributed by atoms with Gasteiger partial charge in [0.2, 0.25) is 0 Å². The molecule has 6 rings (SSSR count). The number of fused-ring (bicyclic) bond motifs is 10. The summed E-state index contributed by atoms with van der Waals surface area (Å²) in [6, 6.07) is 11.4. The molecule has 3 nitrogen and oxygen atoms in total. The minimum absolute atomic E-state index is 0.0410. The van der Waals surface area contributed by atoms with Crippen LogP contribution in [0.2, 0.25) is 0 Å². The van der Waals surface area contributed by atoms with Crippen molar-refractivity contribution in [2.75, 3.05) is 0 Å². The van der Waals surface area contributed by atoms with Gasteiger partial charge in [0.15, 0.2) is 0 Å². The van der Waals surface area contributed by atoms with Gasteiger partial charge in [0.25, 0.3) is 0 Å². The fraction of sp³-hybridized carbons (Fsp3) is 0.462. The summed E-state index contributed by atoms with van der Waals surface area (Å²) in [7, 11) is 0. The van der Waals surface area contributed by atoms with Gasteiger partial charge in [-0.1, -0.05) is 34.6 Å². The molecular weight excluding hydrogens is 354 g/mol. The topological polar surface area (TPSA) is 30.2 Å². The van der Waals surface area contributed by atoms with Crippen LogP contribution in [-0.4, -0.2) is 14.4 Å². The summed E-state index contributed by atoms with van der Waals surface area (Å²) in [5, 5.41) is 1.14. The highest BCUT2D eigenvalue weighted by Crippen LogP contribution is 2.60. The number of aromatic nitrogens is 3. The zero-order valence-electron chi connectivity index (χ0n) is 18.3. The first kappa shape index (κ1) is 17.4. The molecule has 1 aromatic carbocycles. The Kier molecular flexibility index (Phi) is 3.01. The molecule has 0 spiro atoms. The molecule has 3 heterocycles. The predicted octanol–water partition coefficient (Wildman–Crippen LogP) is 6.35. The second kappa shape index (κ2) is 5.00. The second-order valence-corrected chi connectivity index (χ2v) is 11.1. The molecule has 148 valence electrons. The number of benzene rings is 1. The van der Waals surface area contributed by atoms with E-state index in [0.717, 1.165) is 27.8 Å². The summed E-state index contributed by atoms with van der Waals surface area (Å²) in [6.45, 7) is 13.7. The van der Waals surface area contributed by atoms with Crippen molar-refractivity contribution < 1.29 is 0 Å². The summed E-state index contributed by atoms with van der Waals surface area (Å²) in [5.74, 6) is 0. The SMILES string of the molecule is Cc1cc2nc(C(C)(C)C)ccc2c2nc3cc4c(cc3n12)C1(C)CCC4(C)C1. The first-order valence-electron chi connectivity index (χ1n) is 10.9. The van der Waals surface area contributed by atoms with Gasteiger partial charge in [0.05, 0.1) is 16.6 Å². The molecule has 1 saturated carbocycles. The quantitative estimate of drug-likeness (QED) is 0.354. The zero-order chi connectivity index (χ0) is 20.3. The molecule has 1 fully saturated rings. The van der Waals surface area contributed by atoms with E-state index in [4.69, 9.17) is 9.97 Å². The largest absolute Gasteiger partial charge is 0.296 e. The lowest BCUT2D eigenvalue weighted by atomic mass is 9.78. The molecule has 0 radical (unpaired) electrons. The van der Waals surface area contributed by atoms with Crippen LogP contribution in [0, 0.1) is 6.92 Å². The highest BCUT2D eigenvalue weighted by atomic mass is 15.0. The highest BCUT2D eigenvalue weighted by molar-refractivity contribution is 5.97. The summed E-state index contributed by atoms with van der Waals surface area (Å²) in [5.41, 5.74) is 10.6. The van der Waals surface area contributed by atoms with Crippen molar-refractivity contribution in [3.63, 3.8) is 0 Å². The Morgan fingerprint density at radius 1 is 0.897 bits per heavy atom. The van der Waals surface area contributed by atoms with Crippen LogP contribution in [0.4, 0.5) is 0 Å². The lowest BCUT2D eigenvalue weighted by Gasteiger charge is -2.27. The van der Waals surface area contributed by atoms with E-state index in [1.165, 1.54) is 36.0 Å². The summed E-state index contributed by atoms with van der Waals surface area (Å²) < 4.78 is 2.34. The summed E-state index contributed by atoms with van der Waals surface area (Å²) in [4.78, 5) is 10.1. The van der Waals surface area contributed by atoms with Gasteiger partial charge < -0.3 is 0 Å². The minimum Gasteiger partial charge on any atom is -0.296 e. The van der Waals surface area contributed by atoms with E-state index in [2.05, 4.69) is 76.3 Å². The molecule has 0 aliphatic heterocycles. The number of pyridine rings is 2. The van der Waals surface area contributed by atoms with Crippen LogP contribution in [0.15, 0.2) is 30.3 Å². The predicted molar refractivity (Wildman–Crippen MR) is 120 cm³/mol. The molecule has 0 N–H and O–H groups in total. The van der Waals surface area contributed by atoms with Gasteiger partial charge in [-0.3, -0.25) is 9.38 Å². The Morgan fingerprint density at radius 3 is 2.28 bits per heavy atom. The lowest BCUT2D eigenvalue weighted by Crippen LogP contribution is -2.17. The molecular formula is C26H29N3. The van der Waals surface area contributed by atoms with Crippen molar-refractivity contribution in [1.82, 2.24) is 14.4 Å². The second-order valence-electron chi connectivity index (χ2n) is 11.1. The fourth-order valence-electron chi connectivity index (χ4n) is 6.16. The van der Waals surface area contributed by atoms with Gasteiger partial charge in [-0.2, -0.15) is 0 Å². The normalized spacial score (nSPS) is 26.1. The van der Waals surface area contributed by atoms with E-state index < -0.39 is 0 Å². The van der Waals surface area contributed by atoms with Crippen molar-refractivity contribution in [3.8, 4) is 0 Å². The van der Waals surface area contributed by atoms with Crippen LogP contribution in [0.5, 0.6) is 0 Å². The molecule has 3 aromatic heterocycles. The van der Waals surface area contributed by atoms with Crippen LogP contribution in [0.1, 0.15) is 76.4 Å². The third-order valence-corrected chi connectivity index (χ3v) is 7.74. The maximum atomic E-state index is 5.13. The zero-order valence-corrected chi connectivity index (χ0v) is 18.3. The number of hydrogen-bond acceptors (Lipinski definition) is 2. The van der Waals surface area contributed by atoms with Crippen molar-refractivity contribution in [2.45, 2.75) is 77.0 Å². The maximum Gasteiger partial charge on any atom is 0.147 e. The van der Waals surface area contributed by atoms with E-state index in [9.17, 15) is 0 Å². The molecule has 4 aromatic rings. The molecule has 2 bridgehead atoms. The van der Waals surface area contributed by atoms with Crippen molar-refractivity contribution in [3.05, 3.63) is 52.8 Å². The van der Waals surface area contributed by atoms with Crippen LogP contribution in [0.25, 0.3) is 27.6 Å². The minimum atomic E-state index is 0.0410. The van der Waals surface area contributed by atoms with E-state index in [0.29, 0.717) is 10.8 Å². The molecule has 2 aliphatic rings. The molecule has 3 heteroatoms. The van der Waals surface area contributed by atoms with E-state index in [1.807, 2.05) is 0 Å². The number of nitrogens with zero attached hydrogens (tertiary/aromatic N) is 3. The first-order chi connectivity index (χ1) is 13.6. The van der Waals surface area contributed by atoms with Crippen molar-refractivity contribution in [2.24, 2.45) is 0 Å². The number of rotatable bonds is 0. The average Bonchev–Trinajstić information content (AvgIpc) is 3.24. The van der Waals surface area contributed by atoms with E-state index in [-0.39, 0.29) is 5.41 Å². The Balaban J connectivity index is 1.69. The van der Waals surface area contributed by atoms with E-state index >= 15 is 0 Å². The van der Waals surface area contributed by atoms with Gasteiger partial charge in [0.1, 0.15) is 5.65 Å². The number of hydrogen-bond donors (Lipinski definition) is 0. The van der Waals surface area contributed by atoms with Crippen LogP contribution >= 0.6 is 0 Å². The molecule has 2 unspecified atom stereocenters. The molecule has 29 heavy (non-hydrogen) atoms. The van der Waals surface area contributed by atoms with Crippen molar-refractivity contribution >= 4 is 27.6 Å². The lowest BCUT2D eigenvalue weighted by molar-refractivity contribution is 0.484. The Bertz CT molecular complexity index is 1350. The standard InChI is InChI=1S/C26H29N3/c1-15-11-19-16(7-8-22(27-19)24(2,3)4)23-28-20-12-17-18(13-21(20)29(15)23)26(6)10-9-25(17,5)14-26/h7-8,11-13H,9-10,14H2,1-6H3. The Morgan fingerprint density at radius 2 is 1.59 bits per heavy atom. The third-order valence-electron chi connectivity index (χ3n) is 7.74. The van der Waals surface area contributed by atoms with Crippen LogP contribution in [0.3, 0.4) is 0 Å². The van der Waals surface area contributed by atoms with Crippen molar-refractivity contribution in [1.29, 1.82) is 0 Å². The van der Waals surface area contributed by atoms with Gasteiger partial charge in [-0.25, -0.2) is 4.98 Å². The fourth-order valence-corrected chi connectivity index (χ4v) is 6.16. The molecule has 0 saturated heterocycles. The molecule has 0 amide bonds. The number of imidazole rings is 1. The highest BCUT2D eigenvalue weighted by Gasteiger charge is 2.53. The van der Waals surface area contributed by atoms with Gasteiger partial charge >= 0.3 is 0 Å². The molecule has 2 atom stereocenters. The monoisotopic (exact) mass is 383 g/mol. The maximum absolute atomic E-state index is 5.13. The van der Waals surface area contributed by atoms with Crippen LogP contribution < -0.4 is 0 Å². The third kappa shape index (κ3) is 2.14.